The van der Waals surface area contributed by atoms with E-state index in [1.165, 1.54) is 12.1 Å². The van der Waals surface area contributed by atoms with Gasteiger partial charge in [-0.3, -0.25) is 0 Å². The first-order valence-corrected chi connectivity index (χ1v) is 8.95. The van der Waals surface area contributed by atoms with Crippen LogP contribution in [0, 0.1) is 6.92 Å². The lowest BCUT2D eigenvalue weighted by atomic mass is 10.0. The minimum absolute atomic E-state index is 0.563. The Labute approximate surface area is 165 Å². The maximum atomic E-state index is 12.7. The Morgan fingerprint density at radius 2 is 1.28 bits per heavy atom. The highest BCUT2D eigenvalue weighted by Crippen LogP contribution is 2.31. The fourth-order valence-electron chi connectivity index (χ4n) is 3.04. The summed E-state index contributed by atoms with van der Waals surface area (Å²) in [5, 5.41) is 8.50. The van der Waals surface area contributed by atoms with E-state index in [1.807, 2.05) is 55.5 Å². The van der Waals surface area contributed by atoms with Crippen LogP contribution in [0.15, 0.2) is 79.0 Å². The Hall–Kier alpha value is -3.54. The Kier molecular flexibility index (Phi) is 4.84. The molecule has 0 radical (unpaired) electrons. The molecule has 6 heteroatoms. The molecule has 1 aromatic heterocycles. The molecule has 0 saturated heterocycles. The highest BCUT2D eigenvalue weighted by molar-refractivity contribution is 5.69. The Morgan fingerprint density at radius 3 is 1.83 bits per heavy atom. The number of aromatic nitrogens is 3. The molecule has 4 rings (SSSR count). The van der Waals surface area contributed by atoms with Crippen LogP contribution in [-0.2, 0) is 6.18 Å². The van der Waals surface area contributed by atoms with Crippen molar-refractivity contribution in [3.05, 3.63) is 90.1 Å². The van der Waals surface area contributed by atoms with E-state index in [0.29, 0.717) is 17.1 Å². The smallest absolute Gasteiger partial charge is 0.233 e. The molecule has 0 fully saturated rings. The predicted molar refractivity (Wildman–Crippen MR) is 106 cm³/mol. The molecule has 0 aliphatic carbocycles. The number of hydrogen-bond acceptors (Lipinski definition) is 3. The summed E-state index contributed by atoms with van der Waals surface area (Å²) in [5.74, 6) is 0.563. The van der Waals surface area contributed by atoms with Crippen molar-refractivity contribution in [3.63, 3.8) is 0 Å². The van der Waals surface area contributed by atoms with Crippen LogP contribution in [0.3, 0.4) is 0 Å². The molecular weight excluding hydrogens is 375 g/mol. The first kappa shape index (κ1) is 18.8. The Balaban J connectivity index is 1.56. The Morgan fingerprint density at radius 1 is 0.690 bits per heavy atom. The van der Waals surface area contributed by atoms with E-state index in [1.54, 1.807) is 6.20 Å². The van der Waals surface area contributed by atoms with E-state index in [-0.39, 0.29) is 0 Å². The van der Waals surface area contributed by atoms with Gasteiger partial charge in [-0.25, -0.2) is 4.98 Å². The zero-order chi connectivity index (χ0) is 20.4. The van der Waals surface area contributed by atoms with Crippen LogP contribution in [-0.4, -0.2) is 15.2 Å². The maximum Gasteiger partial charge on any atom is 0.416 e. The summed E-state index contributed by atoms with van der Waals surface area (Å²) in [7, 11) is 0. The van der Waals surface area contributed by atoms with Crippen molar-refractivity contribution in [2.24, 2.45) is 0 Å². The van der Waals surface area contributed by atoms with E-state index in [9.17, 15) is 13.2 Å². The van der Waals surface area contributed by atoms with Gasteiger partial charge in [-0.05, 0) is 35.7 Å². The van der Waals surface area contributed by atoms with Crippen LogP contribution in [0.5, 0.6) is 0 Å². The molecule has 0 N–H and O–H groups in total. The van der Waals surface area contributed by atoms with Gasteiger partial charge in [0.1, 0.15) is 5.69 Å². The molecule has 0 bridgehead atoms. The van der Waals surface area contributed by atoms with E-state index in [0.717, 1.165) is 34.4 Å². The number of nitrogens with zero attached hydrogens (tertiary/aromatic N) is 3. The van der Waals surface area contributed by atoms with Gasteiger partial charge in [0.15, 0.2) is 5.82 Å². The second kappa shape index (κ2) is 7.47. The molecule has 4 aromatic rings. The third-order valence-corrected chi connectivity index (χ3v) is 4.67. The number of hydrogen-bond donors (Lipinski definition) is 0. The fourth-order valence-corrected chi connectivity index (χ4v) is 3.04. The lowest BCUT2D eigenvalue weighted by molar-refractivity contribution is -0.137. The van der Waals surface area contributed by atoms with Gasteiger partial charge in [-0.2, -0.15) is 13.2 Å². The highest BCUT2D eigenvalue weighted by Gasteiger charge is 2.29. The van der Waals surface area contributed by atoms with Crippen molar-refractivity contribution >= 4 is 0 Å². The van der Waals surface area contributed by atoms with E-state index in [4.69, 9.17) is 0 Å². The van der Waals surface area contributed by atoms with Gasteiger partial charge in [0.25, 0.3) is 0 Å². The fraction of sp³-hybridized carbons (Fsp3) is 0.0870. The highest BCUT2D eigenvalue weighted by atomic mass is 19.4. The molecule has 3 nitrogen and oxygen atoms in total. The maximum absolute atomic E-state index is 12.7. The molecule has 29 heavy (non-hydrogen) atoms. The summed E-state index contributed by atoms with van der Waals surface area (Å²) in [5.41, 5.74) is 4.34. The molecule has 0 amide bonds. The zero-order valence-corrected chi connectivity index (χ0v) is 15.5. The minimum atomic E-state index is -4.33. The molecule has 144 valence electrons. The van der Waals surface area contributed by atoms with Gasteiger partial charge in [-0.15, -0.1) is 10.2 Å². The van der Waals surface area contributed by atoms with Crippen molar-refractivity contribution in [1.29, 1.82) is 0 Å². The standard InChI is InChI=1S/C23H16F3N3/c1-15-4-2-3-5-20(15)22-27-14-21(28-29-22)18-8-6-16(7-9-18)17-10-12-19(13-11-17)23(24,25)26/h2-14H,1H3. The first-order valence-electron chi connectivity index (χ1n) is 8.95. The average molecular weight is 391 g/mol. The lowest BCUT2D eigenvalue weighted by Gasteiger charge is -2.08. The molecule has 0 saturated carbocycles. The monoisotopic (exact) mass is 391 g/mol. The number of benzene rings is 3. The quantitative estimate of drug-likeness (QED) is 0.417. The van der Waals surface area contributed by atoms with Gasteiger partial charge in [0, 0.05) is 11.1 Å². The van der Waals surface area contributed by atoms with Crippen LogP contribution in [0.4, 0.5) is 13.2 Å². The molecular formula is C23H16F3N3. The molecule has 0 aliphatic rings. The summed E-state index contributed by atoms with van der Waals surface area (Å²) >= 11 is 0. The SMILES string of the molecule is Cc1ccccc1-c1ncc(-c2ccc(-c3ccc(C(F)(F)F)cc3)cc2)nn1. The van der Waals surface area contributed by atoms with E-state index in [2.05, 4.69) is 15.2 Å². The van der Waals surface area contributed by atoms with Crippen molar-refractivity contribution in [2.45, 2.75) is 13.1 Å². The van der Waals surface area contributed by atoms with E-state index >= 15 is 0 Å². The average Bonchev–Trinajstić information content (AvgIpc) is 2.74. The number of halogens is 3. The van der Waals surface area contributed by atoms with Crippen molar-refractivity contribution < 1.29 is 13.2 Å². The summed E-state index contributed by atoms with van der Waals surface area (Å²) < 4.78 is 38.1. The second-order valence-electron chi connectivity index (χ2n) is 6.63. The number of aryl methyl sites for hydroxylation is 1. The van der Waals surface area contributed by atoms with Gasteiger partial charge < -0.3 is 0 Å². The molecule has 0 spiro atoms. The third-order valence-electron chi connectivity index (χ3n) is 4.67. The lowest BCUT2D eigenvalue weighted by Crippen LogP contribution is -2.03. The molecule has 0 aliphatic heterocycles. The normalized spacial score (nSPS) is 11.4. The van der Waals surface area contributed by atoms with Crippen LogP contribution < -0.4 is 0 Å². The Bertz CT molecular complexity index is 1120. The van der Waals surface area contributed by atoms with Crippen molar-refractivity contribution in [1.82, 2.24) is 15.2 Å². The van der Waals surface area contributed by atoms with Gasteiger partial charge in [0.05, 0.1) is 11.8 Å². The van der Waals surface area contributed by atoms with Gasteiger partial charge in [0.2, 0.25) is 0 Å². The summed E-state index contributed by atoms with van der Waals surface area (Å²) in [4.78, 5) is 4.42. The number of alkyl halides is 3. The van der Waals surface area contributed by atoms with Gasteiger partial charge >= 0.3 is 6.18 Å². The number of rotatable bonds is 3. The van der Waals surface area contributed by atoms with Crippen molar-refractivity contribution in [3.8, 4) is 33.8 Å². The minimum Gasteiger partial charge on any atom is -0.233 e. The third kappa shape index (κ3) is 4.01. The molecule has 3 aromatic carbocycles. The summed E-state index contributed by atoms with van der Waals surface area (Å²) in [6.07, 6.45) is -2.67. The van der Waals surface area contributed by atoms with E-state index < -0.39 is 11.7 Å². The summed E-state index contributed by atoms with van der Waals surface area (Å²) in [6.45, 7) is 1.99. The first-order chi connectivity index (χ1) is 13.9. The topological polar surface area (TPSA) is 38.7 Å². The zero-order valence-electron chi connectivity index (χ0n) is 15.5. The van der Waals surface area contributed by atoms with Crippen LogP contribution in [0.1, 0.15) is 11.1 Å². The largest absolute Gasteiger partial charge is 0.416 e. The van der Waals surface area contributed by atoms with Crippen LogP contribution in [0.25, 0.3) is 33.8 Å². The van der Waals surface area contributed by atoms with Crippen molar-refractivity contribution in [2.75, 3.05) is 0 Å². The predicted octanol–water partition coefficient (Wildman–Crippen LogP) is 6.20. The van der Waals surface area contributed by atoms with Gasteiger partial charge in [-0.1, -0.05) is 60.7 Å². The second-order valence-corrected chi connectivity index (χ2v) is 6.63. The molecule has 0 atom stereocenters. The molecule has 1 heterocycles. The van der Waals surface area contributed by atoms with Crippen LogP contribution >= 0.6 is 0 Å². The molecule has 0 unspecified atom stereocenters. The van der Waals surface area contributed by atoms with Crippen LogP contribution in [0.2, 0.25) is 0 Å². The summed E-state index contributed by atoms with van der Waals surface area (Å²) in [6, 6.07) is 20.3.